The number of hydrogen-bond donors (Lipinski definition) is 3. The molecule has 11 nitrogen and oxygen atoms in total. The van der Waals surface area contributed by atoms with Crippen LogP contribution in [0.25, 0.3) is 0 Å². The number of aromatic carboxylic acids is 2. The van der Waals surface area contributed by atoms with Crippen molar-refractivity contribution >= 4 is 23.4 Å². The molecule has 1 atom stereocenters. The smallest absolute Gasteiger partial charge is 0.335 e. The van der Waals surface area contributed by atoms with Crippen LogP contribution in [-0.4, -0.2) is 56.0 Å². The summed E-state index contributed by atoms with van der Waals surface area (Å²) < 4.78 is 1.56. The van der Waals surface area contributed by atoms with E-state index >= 15 is 0 Å². The molecule has 1 aromatic carbocycles. The zero-order valence-corrected chi connectivity index (χ0v) is 16.8. The highest BCUT2D eigenvalue weighted by molar-refractivity contribution is 5.94. The Morgan fingerprint density at radius 2 is 1.93 bits per heavy atom. The first-order valence-corrected chi connectivity index (χ1v) is 9.36. The lowest BCUT2D eigenvalue weighted by atomic mass is 10.1. The number of carboxylic acid groups (broad SMARTS) is 2. The molecule has 1 aliphatic heterocycles. The van der Waals surface area contributed by atoms with Crippen molar-refractivity contribution in [1.82, 2.24) is 9.78 Å². The molecule has 3 rings (SSSR count). The number of carboxylic acids is 2. The fraction of sp³-hybridized carbons (Fsp3) is 0.421. The van der Waals surface area contributed by atoms with Crippen molar-refractivity contribution in [3.63, 3.8) is 0 Å². The first-order chi connectivity index (χ1) is 14.1. The summed E-state index contributed by atoms with van der Waals surface area (Å²) in [5.41, 5.74) is 6.55. The monoisotopic (exact) mass is 419 g/mol. The second-order valence-corrected chi connectivity index (χ2v) is 7.05. The zero-order chi connectivity index (χ0) is 22.4. The zero-order valence-electron chi connectivity index (χ0n) is 16.8. The highest BCUT2D eigenvalue weighted by atomic mass is 16.6. The van der Waals surface area contributed by atoms with Gasteiger partial charge < -0.3 is 20.8 Å². The van der Waals surface area contributed by atoms with Crippen molar-refractivity contribution in [2.75, 3.05) is 18.0 Å². The van der Waals surface area contributed by atoms with E-state index in [9.17, 15) is 19.7 Å². The minimum Gasteiger partial charge on any atom is -0.478 e. The molecule has 0 spiro atoms. The molecule has 1 unspecified atom stereocenters. The molecule has 1 aromatic heterocycles. The number of carbonyl (C=O) groups is 2. The number of hydrogen-bond acceptors (Lipinski definition) is 7. The largest absolute Gasteiger partial charge is 0.478 e. The number of benzene rings is 1. The lowest BCUT2D eigenvalue weighted by Gasteiger charge is -2.21. The van der Waals surface area contributed by atoms with Gasteiger partial charge in [0.15, 0.2) is 0 Å². The molecule has 1 saturated heterocycles. The molecule has 0 radical (unpaired) electrons. The summed E-state index contributed by atoms with van der Waals surface area (Å²) >= 11 is 0. The van der Waals surface area contributed by atoms with E-state index in [2.05, 4.69) is 5.10 Å². The van der Waals surface area contributed by atoms with E-state index in [1.165, 1.54) is 18.3 Å². The quantitative estimate of drug-likeness (QED) is 0.496. The van der Waals surface area contributed by atoms with E-state index in [1.54, 1.807) is 18.7 Å². The van der Waals surface area contributed by atoms with Crippen molar-refractivity contribution < 1.29 is 24.7 Å². The molecule has 0 amide bonds. The second-order valence-electron chi connectivity index (χ2n) is 7.05. The van der Waals surface area contributed by atoms with Gasteiger partial charge in [0.05, 0.1) is 16.1 Å². The van der Waals surface area contributed by atoms with Crippen molar-refractivity contribution in [1.29, 1.82) is 0 Å². The van der Waals surface area contributed by atoms with Crippen molar-refractivity contribution in [2.24, 2.45) is 12.8 Å². The first kappa shape index (κ1) is 22.8. The number of nitrogens with zero attached hydrogens (tertiary/aromatic N) is 4. The molecule has 0 saturated carbocycles. The molecule has 1 fully saturated rings. The molecule has 2 aromatic rings. The normalized spacial score (nSPS) is 16.2. The molecular formula is C19H25N5O6. The third-order valence-corrected chi connectivity index (χ3v) is 4.87. The van der Waals surface area contributed by atoms with Gasteiger partial charge in [-0.05, 0) is 43.9 Å². The third-order valence-electron chi connectivity index (χ3n) is 4.87. The van der Waals surface area contributed by atoms with Crippen LogP contribution >= 0.6 is 0 Å². The van der Waals surface area contributed by atoms with Gasteiger partial charge in [0.25, 0.3) is 0 Å². The first-order valence-electron chi connectivity index (χ1n) is 9.36. The average Bonchev–Trinajstić information content (AvgIpc) is 2.93. The van der Waals surface area contributed by atoms with Crippen LogP contribution in [0.3, 0.4) is 0 Å². The molecule has 162 valence electrons. The summed E-state index contributed by atoms with van der Waals surface area (Å²) in [4.78, 5) is 33.7. The van der Waals surface area contributed by atoms with Gasteiger partial charge in [0.1, 0.15) is 6.20 Å². The van der Waals surface area contributed by atoms with Crippen LogP contribution in [-0.2, 0) is 7.05 Å². The van der Waals surface area contributed by atoms with Gasteiger partial charge in [-0.1, -0.05) is 6.07 Å². The molecule has 2 heterocycles. The molecule has 1 aliphatic rings. The predicted molar refractivity (Wildman–Crippen MR) is 109 cm³/mol. The molecule has 4 N–H and O–H groups in total. The molecule has 30 heavy (non-hydrogen) atoms. The van der Waals surface area contributed by atoms with E-state index < -0.39 is 11.9 Å². The van der Waals surface area contributed by atoms with E-state index in [-0.39, 0.29) is 27.8 Å². The van der Waals surface area contributed by atoms with Crippen LogP contribution in [0.2, 0.25) is 0 Å². The maximum atomic E-state index is 10.9. The maximum Gasteiger partial charge on any atom is 0.335 e. The van der Waals surface area contributed by atoms with Gasteiger partial charge in [-0.15, -0.1) is 0 Å². The Labute approximate surface area is 172 Å². The number of rotatable bonds is 4. The average molecular weight is 419 g/mol. The summed E-state index contributed by atoms with van der Waals surface area (Å²) in [6.45, 7) is 3.17. The highest BCUT2D eigenvalue weighted by Gasteiger charge is 2.26. The highest BCUT2D eigenvalue weighted by Crippen LogP contribution is 2.28. The van der Waals surface area contributed by atoms with Crippen LogP contribution in [0.4, 0.5) is 11.5 Å². The Morgan fingerprint density at radius 1 is 1.23 bits per heavy atom. The number of nitrogens with two attached hydrogens (primary N) is 1. The van der Waals surface area contributed by atoms with Crippen LogP contribution in [0.5, 0.6) is 0 Å². The molecule has 11 heteroatoms. The van der Waals surface area contributed by atoms with E-state index in [0.29, 0.717) is 11.4 Å². The van der Waals surface area contributed by atoms with Gasteiger partial charge in [-0.2, -0.15) is 5.10 Å². The summed E-state index contributed by atoms with van der Waals surface area (Å²) in [6.07, 6.45) is 4.11. The topological polar surface area (TPSA) is 165 Å². The Kier molecular flexibility index (Phi) is 7.48. The molecular weight excluding hydrogens is 394 g/mol. The van der Waals surface area contributed by atoms with Crippen molar-refractivity contribution in [2.45, 2.75) is 32.2 Å². The maximum absolute atomic E-state index is 10.9. The van der Waals surface area contributed by atoms with Gasteiger partial charge >= 0.3 is 17.6 Å². The molecule has 0 bridgehead atoms. The fourth-order valence-electron chi connectivity index (χ4n) is 3.23. The van der Waals surface area contributed by atoms with Crippen LogP contribution in [0.15, 0.2) is 24.4 Å². The van der Waals surface area contributed by atoms with Crippen molar-refractivity contribution in [3.8, 4) is 0 Å². The fourth-order valence-corrected chi connectivity index (χ4v) is 3.23. The standard InChI is InChI=1S/C10H17N5O2.C9H8O4/c1-13-10(9(7-12-13)15(16)17)14-5-2-3-8(11)4-6-14;1-5-2-3-6(8(10)11)4-7(5)9(12)13/h7-8H,2-6,11H2,1H3;2-4H,1H3,(H,10,11)(H,12,13). The predicted octanol–water partition coefficient (Wildman–Crippen LogP) is 2.04. The Hall–Kier alpha value is -3.47. The summed E-state index contributed by atoms with van der Waals surface area (Å²) in [6, 6.07) is 4.21. The SMILES string of the molecule is Cc1ccc(C(=O)O)cc1C(=O)O.Cn1ncc([N+](=O)[O-])c1N1CCCC(N)CC1. The van der Waals surface area contributed by atoms with E-state index in [0.717, 1.165) is 38.4 Å². The van der Waals surface area contributed by atoms with Gasteiger partial charge in [-0.25, -0.2) is 14.3 Å². The minimum absolute atomic E-state index is 0.0111. The van der Waals surface area contributed by atoms with Crippen LogP contribution < -0.4 is 10.6 Å². The Morgan fingerprint density at radius 3 is 2.53 bits per heavy atom. The lowest BCUT2D eigenvalue weighted by molar-refractivity contribution is -0.384. The van der Waals surface area contributed by atoms with Gasteiger partial charge in [-0.3, -0.25) is 10.1 Å². The van der Waals surface area contributed by atoms with E-state index in [4.69, 9.17) is 15.9 Å². The summed E-state index contributed by atoms with van der Waals surface area (Å²) in [5, 5.41) is 32.2. The number of nitro groups is 1. The third kappa shape index (κ3) is 5.54. The lowest BCUT2D eigenvalue weighted by Crippen LogP contribution is -2.28. The van der Waals surface area contributed by atoms with Gasteiger partial charge in [0.2, 0.25) is 5.82 Å². The number of aromatic nitrogens is 2. The summed E-state index contributed by atoms with van der Waals surface area (Å²) in [5.74, 6) is -1.65. The van der Waals surface area contributed by atoms with E-state index in [1.807, 2.05) is 4.90 Å². The number of aryl methyl sites for hydroxylation is 2. The van der Waals surface area contributed by atoms with Crippen LogP contribution in [0.1, 0.15) is 45.5 Å². The summed E-state index contributed by atoms with van der Waals surface area (Å²) in [7, 11) is 1.73. The second kappa shape index (κ2) is 9.83. The van der Waals surface area contributed by atoms with Gasteiger partial charge in [0, 0.05) is 26.2 Å². The Balaban J connectivity index is 0.000000222. The number of anilines is 1. The van der Waals surface area contributed by atoms with Crippen LogP contribution in [0, 0.1) is 17.0 Å². The molecule has 0 aliphatic carbocycles. The Bertz CT molecular complexity index is 941. The van der Waals surface area contributed by atoms with Crippen molar-refractivity contribution in [3.05, 3.63) is 51.2 Å². The minimum atomic E-state index is -1.12.